The number of anilines is 1. The fourth-order valence-electron chi connectivity index (χ4n) is 3.19. The smallest absolute Gasteiger partial charge is 0.270 e. The number of amides is 1. The molecule has 1 aliphatic heterocycles. The lowest BCUT2D eigenvalue weighted by Gasteiger charge is -2.17. The Kier molecular flexibility index (Phi) is 5.48. The summed E-state index contributed by atoms with van der Waals surface area (Å²) >= 11 is 0. The van der Waals surface area contributed by atoms with Gasteiger partial charge in [-0.1, -0.05) is 23.8 Å². The maximum absolute atomic E-state index is 12.6. The molecular formula is C19H21N3O5S. The largest absolute Gasteiger partial charge is 0.312 e. The van der Waals surface area contributed by atoms with Gasteiger partial charge in [0.1, 0.15) is 0 Å². The molecule has 1 N–H and O–H groups in total. The number of nitro groups is 1. The molecule has 2 aromatic carbocycles. The van der Waals surface area contributed by atoms with E-state index in [1.807, 2.05) is 31.2 Å². The minimum Gasteiger partial charge on any atom is -0.312 e. The summed E-state index contributed by atoms with van der Waals surface area (Å²) in [6, 6.07) is 11.3. The standard InChI is InChI=1S/C19H21N3O5S/c1-13-3-6-16(7-4-13)21-12-15(9-19(21)23)11-20-28(26,27)18-10-17(22(24)25)8-5-14(18)2/h3-8,10,15,20H,9,11-12H2,1-2H3. The molecule has 148 valence electrons. The molecule has 8 nitrogen and oxygen atoms in total. The van der Waals surface area contributed by atoms with E-state index >= 15 is 0 Å². The van der Waals surface area contributed by atoms with Crippen molar-refractivity contribution in [3.8, 4) is 0 Å². The van der Waals surface area contributed by atoms with Crippen molar-refractivity contribution in [2.75, 3.05) is 18.0 Å². The van der Waals surface area contributed by atoms with Crippen LogP contribution in [0.1, 0.15) is 17.5 Å². The summed E-state index contributed by atoms with van der Waals surface area (Å²) in [4.78, 5) is 24.1. The number of nitro benzene ring substituents is 1. The van der Waals surface area contributed by atoms with Crippen LogP contribution in [-0.2, 0) is 14.8 Å². The molecule has 0 saturated carbocycles. The summed E-state index contributed by atoms with van der Waals surface area (Å²) in [5, 5.41) is 10.9. The molecule has 0 spiro atoms. The van der Waals surface area contributed by atoms with Gasteiger partial charge in [0.2, 0.25) is 15.9 Å². The minimum absolute atomic E-state index is 0.0559. The van der Waals surface area contributed by atoms with E-state index in [1.54, 1.807) is 11.8 Å². The molecule has 0 radical (unpaired) electrons. The first kappa shape index (κ1) is 20.0. The highest BCUT2D eigenvalue weighted by Crippen LogP contribution is 2.26. The van der Waals surface area contributed by atoms with Crippen LogP contribution in [0, 0.1) is 29.9 Å². The van der Waals surface area contributed by atoms with Gasteiger partial charge >= 0.3 is 0 Å². The zero-order valence-electron chi connectivity index (χ0n) is 15.6. The van der Waals surface area contributed by atoms with Crippen LogP contribution < -0.4 is 9.62 Å². The third-order valence-electron chi connectivity index (χ3n) is 4.78. The molecule has 2 aromatic rings. The number of hydrogen-bond acceptors (Lipinski definition) is 5. The van der Waals surface area contributed by atoms with E-state index in [1.165, 1.54) is 12.1 Å². The third-order valence-corrected chi connectivity index (χ3v) is 6.35. The highest BCUT2D eigenvalue weighted by atomic mass is 32.2. The Bertz CT molecular complexity index is 1020. The molecule has 9 heteroatoms. The van der Waals surface area contributed by atoms with Crippen LogP contribution in [0.2, 0.25) is 0 Å². The average Bonchev–Trinajstić information content (AvgIpc) is 3.01. The SMILES string of the molecule is Cc1ccc(N2CC(CNS(=O)(=O)c3cc([N+](=O)[O-])ccc3C)CC2=O)cc1. The van der Waals surface area contributed by atoms with Crippen LogP contribution in [0.3, 0.4) is 0 Å². The molecule has 0 aliphatic carbocycles. The predicted molar refractivity (Wildman–Crippen MR) is 105 cm³/mol. The fraction of sp³-hybridized carbons (Fsp3) is 0.316. The number of nitrogens with one attached hydrogen (secondary N) is 1. The quantitative estimate of drug-likeness (QED) is 0.589. The van der Waals surface area contributed by atoms with Crippen molar-refractivity contribution < 1.29 is 18.1 Å². The van der Waals surface area contributed by atoms with Gasteiger partial charge in [-0.2, -0.15) is 0 Å². The third kappa shape index (κ3) is 4.20. The van der Waals surface area contributed by atoms with E-state index in [-0.39, 0.29) is 35.4 Å². The molecule has 0 aromatic heterocycles. The van der Waals surface area contributed by atoms with Crippen LogP contribution in [-0.4, -0.2) is 32.3 Å². The monoisotopic (exact) mass is 403 g/mol. The molecular weight excluding hydrogens is 382 g/mol. The molecule has 1 saturated heterocycles. The van der Waals surface area contributed by atoms with Gasteiger partial charge in [-0.05, 0) is 37.5 Å². The summed E-state index contributed by atoms with van der Waals surface area (Å²) in [5.41, 5.74) is 2.01. The first-order chi connectivity index (χ1) is 13.2. The lowest BCUT2D eigenvalue weighted by molar-refractivity contribution is -0.385. The molecule has 1 heterocycles. The van der Waals surface area contributed by atoms with Gasteiger partial charge in [0, 0.05) is 37.3 Å². The molecule has 1 atom stereocenters. The van der Waals surface area contributed by atoms with E-state index in [9.17, 15) is 23.3 Å². The Morgan fingerprint density at radius 1 is 1.18 bits per heavy atom. The van der Waals surface area contributed by atoms with Crippen LogP contribution in [0.5, 0.6) is 0 Å². The molecule has 1 fully saturated rings. The Balaban J connectivity index is 1.70. The van der Waals surface area contributed by atoms with Crippen molar-refractivity contribution in [2.45, 2.75) is 25.2 Å². The van der Waals surface area contributed by atoms with Gasteiger partial charge < -0.3 is 4.90 Å². The number of aryl methyl sites for hydroxylation is 2. The summed E-state index contributed by atoms with van der Waals surface area (Å²) in [5.74, 6) is -0.234. The second-order valence-corrected chi connectivity index (χ2v) is 8.70. The van der Waals surface area contributed by atoms with E-state index in [0.717, 1.165) is 17.3 Å². The number of non-ortho nitro benzene ring substituents is 1. The number of carbonyl (C=O) groups is 1. The molecule has 28 heavy (non-hydrogen) atoms. The van der Waals surface area contributed by atoms with Crippen molar-refractivity contribution >= 4 is 27.3 Å². The lowest BCUT2D eigenvalue weighted by atomic mass is 10.1. The van der Waals surface area contributed by atoms with Crippen LogP contribution >= 0.6 is 0 Å². The Labute approximate surface area is 163 Å². The molecule has 3 rings (SSSR count). The van der Waals surface area contributed by atoms with Crippen LogP contribution in [0.25, 0.3) is 0 Å². The Morgan fingerprint density at radius 3 is 2.50 bits per heavy atom. The van der Waals surface area contributed by atoms with Crippen molar-refractivity contribution in [3.63, 3.8) is 0 Å². The molecule has 1 amide bonds. The number of nitrogens with zero attached hydrogens (tertiary/aromatic N) is 2. The van der Waals surface area contributed by atoms with Gasteiger partial charge in [0.15, 0.2) is 0 Å². The number of carbonyl (C=O) groups excluding carboxylic acids is 1. The molecule has 0 bridgehead atoms. The number of sulfonamides is 1. The zero-order valence-corrected chi connectivity index (χ0v) is 16.4. The summed E-state index contributed by atoms with van der Waals surface area (Å²) in [6.07, 6.45) is 0.240. The normalized spacial score (nSPS) is 17.1. The van der Waals surface area contributed by atoms with E-state index in [0.29, 0.717) is 12.1 Å². The van der Waals surface area contributed by atoms with Crippen molar-refractivity contribution in [1.29, 1.82) is 0 Å². The lowest BCUT2D eigenvalue weighted by Crippen LogP contribution is -2.31. The van der Waals surface area contributed by atoms with E-state index < -0.39 is 14.9 Å². The van der Waals surface area contributed by atoms with Crippen LogP contribution in [0.15, 0.2) is 47.4 Å². The second kappa shape index (κ2) is 7.69. The zero-order chi connectivity index (χ0) is 20.5. The van der Waals surface area contributed by atoms with Gasteiger partial charge in [-0.3, -0.25) is 14.9 Å². The molecule has 1 unspecified atom stereocenters. The van der Waals surface area contributed by atoms with Crippen molar-refractivity contribution in [2.24, 2.45) is 5.92 Å². The highest BCUT2D eigenvalue weighted by Gasteiger charge is 2.32. The summed E-state index contributed by atoms with van der Waals surface area (Å²) in [7, 11) is -3.92. The minimum atomic E-state index is -3.92. The van der Waals surface area contributed by atoms with E-state index in [2.05, 4.69) is 4.72 Å². The number of benzene rings is 2. The van der Waals surface area contributed by atoms with Crippen molar-refractivity contribution in [3.05, 3.63) is 63.7 Å². The second-order valence-electron chi connectivity index (χ2n) is 6.97. The van der Waals surface area contributed by atoms with Crippen LogP contribution in [0.4, 0.5) is 11.4 Å². The Hall–Kier alpha value is -2.78. The Morgan fingerprint density at radius 2 is 1.86 bits per heavy atom. The van der Waals surface area contributed by atoms with Gasteiger partial charge in [-0.25, -0.2) is 13.1 Å². The first-order valence-electron chi connectivity index (χ1n) is 8.79. The van der Waals surface area contributed by atoms with Gasteiger partial charge in [0.05, 0.1) is 9.82 Å². The molecule has 1 aliphatic rings. The van der Waals surface area contributed by atoms with E-state index in [4.69, 9.17) is 0 Å². The highest BCUT2D eigenvalue weighted by molar-refractivity contribution is 7.89. The van der Waals surface area contributed by atoms with Gasteiger partial charge in [-0.15, -0.1) is 0 Å². The summed E-state index contributed by atoms with van der Waals surface area (Å²) in [6.45, 7) is 4.04. The first-order valence-corrected chi connectivity index (χ1v) is 10.3. The maximum atomic E-state index is 12.6. The fourth-order valence-corrected chi connectivity index (χ4v) is 4.57. The van der Waals surface area contributed by atoms with Crippen molar-refractivity contribution in [1.82, 2.24) is 4.72 Å². The maximum Gasteiger partial charge on any atom is 0.270 e. The predicted octanol–water partition coefficient (Wildman–Crippen LogP) is 2.54. The average molecular weight is 403 g/mol. The number of hydrogen-bond donors (Lipinski definition) is 1. The topological polar surface area (TPSA) is 110 Å². The summed E-state index contributed by atoms with van der Waals surface area (Å²) < 4.78 is 27.7. The number of rotatable bonds is 6. The van der Waals surface area contributed by atoms with Gasteiger partial charge in [0.25, 0.3) is 5.69 Å².